The van der Waals surface area contributed by atoms with Gasteiger partial charge in [0.2, 0.25) is 11.9 Å². The Hall–Kier alpha value is -4.67. The Bertz CT molecular complexity index is 1410. The standard InChI is InChI=1S/C25H27N9O2/c1-16(35)33-10-12-34(13-11-33)18-8-6-17(7-9-18)29-25-27-14-20(23(26)36)24(30-25)32(2)22-5-3-4-21-19(22)15-28-31-21/h3-9,14-15H,10-13H2,1-2H3,(H2,26,36)(H,28,31)(H,27,29,30). The molecule has 0 radical (unpaired) electrons. The number of primary amides is 1. The Morgan fingerprint density at radius 2 is 1.81 bits per heavy atom. The van der Waals surface area contributed by atoms with Crippen LogP contribution in [0.5, 0.6) is 0 Å². The second-order valence-electron chi connectivity index (χ2n) is 8.63. The fourth-order valence-corrected chi connectivity index (χ4v) is 4.39. The molecule has 1 fully saturated rings. The summed E-state index contributed by atoms with van der Waals surface area (Å²) in [6.07, 6.45) is 3.16. The molecular formula is C25H27N9O2. The molecule has 5 rings (SSSR count). The predicted molar refractivity (Wildman–Crippen MR) is 139 cm³/mol. The zero-order chi connectivity index (χ0) is 25.2. The third-order valence-electron chi connectivity index (χ3n) is 6.39. The van der Waals surface area contributed by atoms with Crippen molar-refractivity contribution in [3.8, 4) is 0 Å². The zero-order valence-electron chi connectivity index (χ0n) is 20.1. The van der Waals surface area contributed by atoms with Crippen molar-refractivity contribution in [1.82, 2.24) is 25.1 Å². The van der Waals surface area contributed by atoms with Crippen molar-refractivity contribution in [2.45, 2.75) is 6.92 Å². The Morgan fingerprint density at radius 3 is 2.50 bits per heavy atom. The van der Waals surface area contributed by atoms with E-state index >= 15 is 0 Å². The number of anilines is 5. The maximum Gasteiger partial charge on any atom is 0.254 e. The number of H-pyrrole nitrogens is 1. The molecule has 0 aliphatic carbocycles. The topological polar surface area (TPSA) is 136 Å². The monoisotopic (exact) mass is 485 g/mol. The van der Waals surface area contributed by atoms with Crippen molar-refractivity contribution < 1.29 is 9.59 Å². The fourth-order valence-electron chi connectivity index (χ4n) is 4.39. The van der Waals surface area contributed by atoms with Crippen LogP contribution in [-0.4, -0.2) is 70.1 Å². The molecular weight excluding hydrogens is 458 g/mol. The lowest BCUT2D eigenvalue weighted by atomic mass is 10.2. The number of nitrogens with one attached hydrogen (secondary N) is 2. The second-order valence-corrected chi connectivity index (χ2v) is 8.63. The smallest absolute Gasteiger partial charge is 0.254 e. The molecule has 1 aliphatic rings. The second kappa shape index (κ2) is 9.53. The van der Waals surface area contributed by atoms with Crippen LogP contribution < -0.4 is 20.9 Å². The maximum absolute atomic E-state index is 12.1. The maximum atomic E-state index is 12.1. The van der Waals surface area contributed by atoms with E-state index in [4.69, 9.17) is 5.73 Å². The number of fused-ring (bicyclic) bond motifs is 1. The molecule has 2 aromatic carbocycles. The number of carbonyl (C=O) groups is 2. The Balaban J connectivity index is 1.36. The summed E-state index contributed by atoms with van der Waals surface area (Å²) < 4.78 is 0. The molecule has 1 saturated heterocycles. The van der Waals surface area contributed by atoms with Gasteiger partial charge in [0.15, 0.2) is 5.82 Å². The van der Waals surface area contributed by atoms with Gasteiger partial charge in [0.25, 0.3) is 5.91 Å². The molecule has 11 heteroatoms. The molecule has 4 N–H and O–H groups in total. The van der Waals surface area contributed by atoms with E-state index in [1.165, 1.54) is 6.20 Å². The van der Waals surface area contributed by atoms with Gasteiger partial charge in [0.05, 0.1) is 17.4 Å². The van der Waals surface area contributed by atoms with Gasteiger partial charge in [-0.25, -0.2) is 4.98 Å². The number of aromatic nitrogens is 4. The number of nitrogens with two attached hydrogens (primary N) is 1. The van der Waals surface area contributed by atoms with Crippen molar-refractivity contribution >= 4 is 51.5 Å². The lowest BCUT2D eigenvalue weighted by Crippen LogP contribution is -2.48. The normalized spacial score (nSPS) is 13.6. The molecule has 11 nitrogen and oxygen atoms in total. The van der Waals surface area contributed by atoms with E-state index in [2.05, 4.69) is 30.4 Å². The number of nitrogens with zero attached hydrogens (tertiary/aromatic N) is 6. The van der Waals surface area contributed by atoms with Crippen molar-refractivity contribution in [2.75, 3.05) is 48.3 Å². The summed E-state index contributed by atoms with van der Waals surface area (Å²) in [6, 6.07) is 13.7. The number of carbonyl (C=O) groups excluding carboxylic acids is 2. The molecule has 184 valence electrons. The molecule has 0 atom stereocenters. The summed E-state index contributed by atoms with van der Waals surface area (Å²) in [5.41, 5.74) is 9.42. The molecule has 0 bridgehead atoms. The Kier molecular flexibility index (Phi) is 6.11. The van der Waals surface area contributed by atoms with E-state index in [0.717, 1.165) is 54.1 Å². The van der Waals surface area contributed by atoms with Crippen molar-refractivity contribution in [3.63, 3.8) is 0 Å². The van der Waals surface area contributed by atoms with Crippen LogP contribution in [0, 0.1) is 0 Å². The summed E-state index contributed by atoms with van der Waals surface area (Å²) >= 11 is 0. The van der Waals surface area contributed by atoms with Gasteiger partial charge in [0.1, 0.15) is 5.56 Å². The number of hydrogen-bond acceptors (Lipinski definition) is 8. The third kappa shape index (κ3) is 4.50. The minimum atomic E-state index is -0.614. The minimum absolute atomic E-state index is 0.114. The van der Waals surface area contributed by atoms with Crippen LogP contribution in [0.4, 0.5) is 28.8 Å². The van der Waals surface area contributed by atoms with Crippen molar-refractivity contribution in [3.05, 3.63) is 60.4 Å². The van der Waals surface area contributed by atoms with E-state index in [9.17, 15) is 9.59 Å². The van der Waals surface area contributed by atoms with Gasteiger partial charge in [-0.15, -0.1) is 0 Å². The van der Waals surface area contributed by atoms with Crippen LogP contribution in [0.3, 0.4) is 0 Å². The summed E-state index contributed by atoms with van der Waals surface area (Å²) in [6.45, 7) is 4.64. The lowest BCUT2D eigenvalue weighted by molar-refractivity contribution is -0.129. The zero-order valence-corrected chi connectivity index (χ0v) is 20.1. The SMILES string of the molecule is CC(=O)N1CCN(c2ccc(Nc3ncc(C(N)=O)c(N(C)c4cccc5[nH]ncc45)n3)cc2)CC1. The van der Waals surface area contributed by atoms with Gasteiger partial charge >= 0.3 is 0 Å². The Labute approximate surface area is 207 Å². The molecule has 36 heavy (non-hydrogen) atoms. The average molecular weight is 486 g/mol. The molecule has 2 aromatic heterocycles. The van der Waals surface area contributed by atoms with Gasteiger partial charge < -0.3 is 25.8 Å². The molecule has 3 heterocycles. The number of amides is 2. The summed E-state index contributed by atoms with van der Waals surface area (Å²) in [5, 5.41) is 11.2. The minimum Gasteiger partial charge on any atom is -0.368 e. The first-order chi connectivity index (χ1) is 17.4. The van der Waals surface area contributed by atoms with Gasteiger partial charge in [-0.2, -0.15) is 10.1 Å². The highest BCUT2D eigenvalue weighted by molar-refractivity contribution is 6.00. The summed E-state index contributed by atoms with van der Waals surface area (Å²) in [4.78, 5) is 38.5. The van der Waals surface area contributed by atoms with E-state index in [-0.39, 0.29) is 11.5 Å². The third-order valence-corrected chi connectivity index (χ3v) is 6.39. The van der Waals surface area contributed by atoms with Gasteiger partial charge in [-0.05, 0) is 36.4 Å². The van der Waals surface area contributed by atoms with Gasteiger partial charge in [-0.1, -0.05) is 6.07 Å². The lowest BCUT2D eigenvalue weighted by Gasteiger charge is -2.35. The van der Waals surface area contributed by atoms with E-state index in [1.807, 2.05) is 54.4 Å². The number of aromatic amines is 1. The highest BCUT2D eigenvalue weighted by Crippen LogP contribution is 2.31. The summed E-state index contributed by atoms with van der Waals surface area (Å²) in [7, 11) is 1.82. The Morgan fingerprint density at radius 1 is 1.06 bits per heavy atom. The van der Waals surface area contributed by atoms with Crippen LogP contribution in [-0.2, 0) is 4.79 Å². The number of rotatable bonds is 6. The number of hydrogen-bond donors (Lipinski definition) is 3. The molecule has 0 saturated carbocycles. The molecule has 0 unspecified atom stereocenters. The van der Waals surface area contributed by atoms with Crippen molar-refractivity contribution in [1.29, 1.82) is 0 Å². The van der Waals surface area contributed by atoms with Crippen LogP contribution in [0.1, 0.15) is 17.3 Å². The van der Waals surface area contributed by atoms with E-state index in [0.29, 0.717) is 11.8 Å². The average Bonchev–Trinajstić information content (AvgIpc) is 3.38. The van der Waals surface area contributed by atoms with Gasteiger partial charge in [-0.3, -0.25) is 14.7 Å². The largest absolute Gasteiger partial charge is 0.368 e. The van der Waals surface area contributed by atoms with Crippen LogP contribution in [0.15, 0.2) is 54.9 Å². The summed E-state index contributed by atoms with van der Waals surface area (Å²) in [5.74, 6) is 0.220. The highest BCUT2D eigenvalue weighted by Gasteiger charge is 2.20. The fraction of sp³-hybridized carbons (Fsp3) is 0.240. The molecule has 0 spiro atoms. The highest BCUT2D eigenvalue weighted by atomic mass is 16.2. The molecule has 4 aromatic rings. The van der Waals surface area contributed by atoms with Crippen LogP contribution >= 0.6 is 0 Å². The van der Waals surface area contributed by atoms with E-state index < -0.39 is 5.91 Å². The molecule has 2 amide bonds. The van der Waals surface area contributed by atoms with Crippen LogP contribution in [0.2, 0.25) is 0 Å². The number of benzene rings is 2. The van der Waals surface area contributed by atoms with Crippen LogP contribution in [0.25, 0.3) is 10.9 Å². The number of piperazine rings is 1. The van der Waals surface area contributed by atoms with Gasteiger partial charge in [0, 0.05) is 63.1 Å². The van der Waals surface area contributed by atoms with Crippen molar-refractivity contribution in [2.24, 2.45) is 5.73 Å². The first-order valence-corrected chi connectivity index (χ1v) is 11.6. The predicted octanol–water partition coefficient (Wildman–Crippen LogP) is 2.63. The molecule has 1 aliphatic heterocycles. The first kappa shape index (κ1) is 23.1. The quantitative estimate of drug-likeness (QED) is 0.379. The van der Waals surface area contributed by atoms with E-state index in [1.54, 1.807) is 18.0 Å². The first-order valence-electron chi connectivity index (χ1n) is 11.6.